The Morgan fingerprint density at radius 3 is 2.87 bits per heavy atom. The van der Waals surface area contributed by atoms with Crippen LogP contribution in [0.1, 0.15) is 5.56 Å². The summed E-state index contributed by atoms with van der Waals surface area (Å²) in [5, 5.41) is 12.1. The standard InChI is InChI=1S/C10H13N5/c11-7-8-1-2-14-10(9(8)12)15-5-3-13-4-6-15/h1-2,13H,3-6,12H2. The van der Waals surface area contributed by atoms with Crippen molar-refractivity contribution in [2.24, 2.45) is 0 Å². The fourth-order valence-electron chi connectivity index (χ4n) is 1.69. The summed E-state index contributed by atoms with van der Waals surface area (Å²) in [6.07, 6.45) is 1.63. The van der Waals surface area contributed by atoms with E-state index in [2.05, 4.69) is 21.3 Å². The first-order valence-corrected chi connectivity index (χ1v) is 4.93. The molecular formula is C10H13N5. The number of nitrogens with one attached hydrogen (secondary N) is 1. The summed E-state index contributed by atoms with van der Waals surface area (Å²) in [5.41, 5.74) is 6.86. The number of hydrogen-bond donors (Lipinski definition) is 2. The number of aromatic nitrogens is 1. The van der Waals surface area contributed by atoms with Gasteiger partial charge in [-0.1, -0.05) is 0 Å². The van der Waals surface area contributed by atoms with Gasteiger partial charge in [0.2, 0.25) is 0 Å². The lowest BCUT2D eigenvalue weighted by atomic mass is 10.2. The van der Waals surface area contributed by atoms with Crippen LogP contribution in [0.5, 0.6) is 0 Å². The zero-order chi connectivity index (χ0) is 10.7. The Morgan fingerprint density at radius 1 is 1.47 bits per heavy atom. The van der Waals surface area contributed by atoms with Gasteiger partial charge < -0.3 is 16.0 Å². The predicted octanol–water partition coefficient (Wildman–Crippen LogP) is -0.0549. The highest BCUT2D eigenvalue weighted by Gasteiger charge is 2.15. The molecule has 0 saturated carbocycles. The summed E-state index contributed by atoms with van der Waals surface area (Å²) in [7, 11) is 0. The van der Waals surface area contributed by atoms with E-state index in [4.69, 9.17) is 11.0 Å². The van der Waals surface area contributed by atoms with Crippen molar-refractivity contribution < 1.29 is 0 Å². The molecular weight excluding hydrogens is 190 g/mol. The van der Waals surface area contributed by atoms with Crippen LogP contribution >= 0.6 is 0 Å². The van der Waals surface area contributed by atoms with Gasteiger partial charge in [-0.25, -0.2) is 4.98 Å². The Bertz CT molecular complexity index is 389. The van der Waals surface area contributed by atoms with Crippen LogP contribution in [-0.4, -0.2) is 31.2 Å². The summed E-state index contributed by atoms with van der Waals surface area (Å²) in [6, 6.07) is 3.71. The van der Waals surface area contributed by atoms with Crippen molar-refractivity contribution in [3.8, 4) is 6.07 Å². The monoisotopic (exact) mass is 203 g/mol. The molecule has 78 valence electrons. The Kier molecular flexibility index (Phi) is 2.70. The third-order valence-corrected chi connectivity index (χ3v) is 2.51. The maximum Gasteiger partial charge on any atom is 0.153 e. The summed E-state index contributed by atoms with van der Waals surface area (Å²) in [6.45, 7) is 3.62. The predicted molar refractivity (Wildman–Crippen MR) is 58.4 cm³/mol. The number of pyridine rings is 1. The molecule has 0 aliphatic carbocycles. The van der Waals surface area contributed by atoms with Gasteiger partial charge in [-0.3, -0.25) is 0 Å². The average molecular weight is 203 g/mol. The molecule has 1 aromatic heterocycles. The summed E-state index contributed by atoms with van der Waals surface area (Å²) >= 11 is 0. The lowest BCUT2D eigenvalue weighted by Crippen LogP contribution is -2.44. The molecule has 0 bridgehead atoms. The van der Waals surface area contributed by atoms with E-state index in [9.17, 15) is 0 Å². The number of hydrogen-bond acceptors (Lipinski definition) is 5. The number of nitrogens with zero attached hydrogens (tertiary/aromatic N) is 3. The van der Waals surface area contributed by atoms with Crippen LogP contribution in [0.3, 0.4) is 0 Å². The van der Waals surface area contributed by atoms with Gasteiger partial charge in [0.05, 0.1) is 11.3 Å². The minimum Gasteiger partial charge on any atom is -0.395 e. The van der Waals surface area contributed by atoms with E-state index in [1.54, 1.807) is 12.3 Å². The van der Waals surface area contributed by atoms with Gasteiger partial charge in [0, 0.05) is 32.4 Å². The Labute approximate surface area is 88.5 Å². The van der Waals surface area contributed by atoms with Gasteiger partial charge >= 0.3 is 0 Å². The second-order valence-corrected chi connectivity index (χ2v) is 3.44. The van der Waals surface area contributed by atoms with Crippen LogP contribution in [-0.2, 0) is 0 Å². The van der Waals surface area contributed by atoms with Gasteiger partial charge in [0.15, 0.2) is 5.82 Å². The molecule has 1 aliphatic rings. The molecule has 0 atom stereocenters. The molecule has 0 unspecified atom stereocenters. The maximum atomic E-state index is 8.85. The van der Waals surface area contributed by atoms with Gasteiger partial charge in [0.1, 0.15) is 6.07 Å². The third kappa shape index (κ3) is 1.85. The molecule has 15 heavy (non-hydrogen) atoms. The van der Waals surface area contributed by atoms with Crippen LogP contribution in [0.25, 0.3) is 0 Å². The highest BCUT2D eigenvalue weighted by Crippen LogP contribution is 2.23. The SMILES string of the molecule is N#Cc1ccnc(N2CCNCC2)c1N. The second kappa shape index (κ2) is 4.15. The minimum absolute atomic E-state index is 0.488. The van der Waals surface area contributed by atoms with Crippen LogP contribution in [0, 0.1) is 11.3 Å². The van der Waals surface area contributed by atoms with E-state index in [0.717, 1.165) is 32.0 Å². The summed E-state index contributed by atoms with van der Waals surface area (Å²) in [5.74, 6) is 0.732. The molecule has 0 radical (unpaired) electrons. The zero-order valence-electron chi connectivity index (χ0n) is 8.40. The first kappa shape index (κ1) is 9.74. The minimum atomic E-state index is 0.488. The number of piperazine rings is 1. The van der Waals surface area contributed by atoms with E-state index < -0.39 is 0 Å². The van der Waals surface area contributed by atoms with Crippen LogP contribution < -0.4 is 16.0 Å². The number of nitrogen functional groups attached to an aromatic ring is 1. The molecule has 1 aromatic rings. The molecule has 2 heterocycles. The van der Waals surface area contributed by atoms with Crippen molar-refractivity contribution in [1.82, 2.24) is 10.3 Å². The Hall–Kier alpha value is -1.80. The Balaban J connectivity index is 2.31. The van der Waals surface area contributed by atoms with E-state index in [0.29, 0.717) is 11.3 Å². The van der Waals surface area contributed by atoms with Gasteiger partial charge in [-0.15, -0.1) is 0 Å². The topological polar surface area (TPSA) is 78.0 Å². The fraction of sp³-hybridized carbons (Fsp3) is 0.400. The summed E-state index contributed by atoms with van der Waals surface area (Å²) in [4.78, 5) is 6.34. The fourth-order valence-corrected chi connectivity index (χ4v) is 1.69. The normalized spacial score (nSPS) is 16.1. The van der Waals surface area contributed by atoms with E-state index >= 15 is 0 Å². The molecule has 5 heteroatoms. The highest BCUT2D eigenvalue weighted by atomic mass is 15.2. The van der Waals surface area contributed by atoms with E-state index in [-0.39, 0.29) is 0 Å². The van der Waals surface area contributed by atoms with Crippen molar-refractivity contribution in [1.29, 1.82) is 5.26 Å². The van der Waals surface area contributed by atoms with Gasteiger partial charge in [-0.05, 0) is 6.07 Å². The molecule has 2 rings (SSSR count). The van der Waals surface area contributed by atoms with Crippen LogP contribution in [0.15, 0.2) is 12.3 Å². The van der Waals surface area contributed by atoms with Gasteiger partial charge in [0.25, 0.3) is 0 Å². The number of nitrogens with two attached hydrogens (primary N) is 1. The molecule has 0 aromatic carbocycles. The maximum absolute atomic E-state index is 8.85. The number of anilines is 2. The first-order valence-electron chi connectivity index (χ1n) is 4.93. The van der Waals surface area contributed by atoms with E-state index in [1.165, 1.54) is 0 Å². The van der Waals surface area contributed by atoms with Crippen molar-refractivity contribution in [3.63, 3.8) is 0 Å². The quantitative estimate of drug-likeness (QED) is 0.669. The van der Waals surface area contributed by atoms with Crippen LogP contribution in [0.2, 0.25) is 0 Å². The average Bonchev–Trinajstić information content (AvgIpc) is 2.30. The largest absolute Gasteiger partial charge is 0.395 e. The van der Waals surface area contributed by atoms with Crippen molar-refractivity contribution in [3.05, 3.63) is 17.8 Å². The lowest BCUT2D eigenvalue weighted by molar-refractivity contribution is 0.585. The Morgan fingerprint density at radius 2 is 2.20 bits per heavy atom. The third-order valence-electron chi connectivity index (χ3n) is 2.51. The van der Waals surface area contributed by atoms with Crippen molar-refractivity contribution in [2.75, 3.05) is 36.8 Å². The van der Waals surface area contributed by atoms with Crippen molar-refractivity contribution >= 4 is 11.5 Å². The molecule has 1 aliphatic heterocycles. The summed E-state index contributed by atoms with van der Waals surface area (Å²) < 4.78 is 0. The van der Waals surface area contributed by atoms with Gasteiger partial charge in [-0.2, -0.15) is 5.26 Å². The molecule has 3 N–H and O–H groups in total. The zero-order valence-corrected chi connectivity index (χ0v) is 8.40. The van der Waals surface area contributed by atoms with Crippen molar-refractivity contribution in [2.45, 2.75) is 0 Å². The molecule has 0 amide bonds. The van der Waals surface area contributed by atoms with E-state index in [1.807, 2.05) is 0 Å². The number of nitriles is 1. The van der Waals surface area contributed by atoms with Crippen LogP contribution in [0.4, 0.5) is 11.5 Å². The lowest BCUT2D eigenvalue weighted by Gasteiger charge is -2.29. The molecule has 0 spiro atoms. The molecule has 1 fully saturated rings. The molecule has 5 nitrogen and oxygen atoms in total. The first-order chi connectivity index (χ1) is 7.33. The highest BCUT2D eigenvalue weighted by molar-refractivity contribution is 5.70. The number of rotatable bonds is 1. The molecule has 1 saturated heterocycles. The second-order valence-electron chi connectivity index (χ2n) is 3.44. The smallest absolute Gasteiger partial charge is 0.153 e.